The first-order valence-electron chi connectivity index (χ1n) is 23.5. The van der Waals surface area contributed by atoms with Crippen molar-refractivity contribution in [3.63, 3.8) is 0 Å². The maximum atomic E-state index is 12.7. The lowest BCUT2D eigenvalue weighted by atomic mass is 10.1. The normalized spacial score (nSPS) is 12.8. The Bertz CT molecular complexity index is 1020. The number of carbonyl (C=O) groups is 2. The number of unbranched alkanes of at least 4 members (excludes halogenated alkanes) is 19. The van der Waals surface area contributed by atoms with Crippen molar-refractivity contribution in [2.45, 2.75) is 219 Å². The summed E-state index contributed by atoms with van der Waals surface area (Å²) in [6.07, 6.45) is 59.0. The molecule has 0 amide bonds. The minimum atomic E-state index is -0.553. The van der Waals surface area contributed by atoms with E-state index in [0.29, 0.717) is 19.4 Å². The highest BCUT2D eigenvalue weighted by molar-refractivity contribution is 5.70. The average molecular weight is 781 g/mol. The largest absolute Gasteiger partial charge is 0.462 e. The second kappa shape index (κ2) is 46.7. The van der Waals surface area contributed by atoms with Crippen LogP contribution in [0.2, 0.25) is 0 Å². The van der Waals surface area contributed by atoms with Crippen molar-refractivity contribution in [2.75, 3.05) is 19.8 Å². The molecule has 0 spiro atoms. The van der Waals surface area contributed by atoms with Gasteiger partial charge in [-0.05, 0) is 96.3 Å². The number of hydrogen-bond acceptors (Lipinski definition) is 5. The number of rotatable bonds is 42. The number of hydrogen-bond donors (Lipinski definition) is 0. The monoisotopic (exact) mass is 781 g/mol. The van der Waals surface area contributed by atoms with E-state index in [9.17, 15) is 9.59 Å². The van der Waals surface area contributed by atoms with Gasteiger partial charge in [0.2, 0.25) is 0 Å². The molecule has 5 heteroatoms. The van der Waals surface area contributed by atoms with Crippen molar-refractivity contribution in [3.05, 3.63) is 72.9 Å². The lowest BCUT2D eigenvalue weighted by molar-refractivity contribution is -0.163. The second-order valence-corrected chi connectivity index (χ2v) is 15.3. The Kier molecular flexibility index (Phi) is 44.5. The van der Waals surface area contributed by atoms with Crippen LogP contribution < -0.4 is 0 Å². The molecule has 0 aliphatic carbocycles. The highest BCUT2D eigenvalue weighted by Crippen LogP contribution is 2.12. The number of carbonyl (C=O) groups excluding carboxylic acids is 2. The van der Waals surface area contributed by atoms with Crippen LogP contribution in [0.15, 0.2) is 72.9 Å². The standard InChI is InChI=1S/C51H88O5/c1-4-7-10-13-16-19-22-23-24-25-26-27-28-31-34-37-40-43-46-54-47-49(56-51(53)45-42-39-36-33-30-21-18-15-12-9-6-3)48-55-50(52)44-41-38-35-32-29-20-17-14-11-8-5-2/h7,10,14-19,23-24,26-27,49H,4-6,8-9,11-13,20-22,25,28-48H2,1-3H3/b10-7-,17-14-,18-15-,19-16-,24-23-,27-26-. The first-order chi connectivity index (χ1) is 27.6. The fourth-order valence-electron chi connectivity index (χ4n) is 6.17. The zero-order valence-electron chi connectivity index (χ0n) is 36.9. The van der Waals surface area contributed by atoms with Gasteiger partial charge >= 0.3 is 11.9 Å². The van der Waals surface area contributed by atoms with Gasteiger partial charge < -0.3 is 14.2 Å². The van der Waals surface area contributed by atoms with E-state index in [2.05, 4.69) is 93.7 Å². The molecule has 0 radical (unpaired) electrons. The van der Waals surface area contributed by atoms with Crippen LogP contribution in [0.1, 0.15) is 213 Å². The first-order valence-corrected chi connectivity index (χ1v) is 23.5. The van der Waals surface area contributed by atoms with Crippen molar-refractivity contribution in [2.24, 2.45) is 0 Å². The van der Waals surface area contributed by atoms with Gasteiger partial charge in [0.15, 0.2) is 6.10 Å². The smallest absolute Gasteiger partial charge is 0.306 e. The predicted molar refractivity (Wildman–Crippen MR) is 242 cm³/mol. The molecule has 0 N–H and O–H groups in total. The van der Waals surface area contributed by atoms with Crippen LogP contribution in [-0.2, 0) is 23.8 Å². The van der Waals surface area contributed by atoms with E-state index in [-0.39, 0.29) is 25.2 Å². The molecule has 1 atom stereocenters. The van der Waals surface area contributed by atoms with E-state index in [1.807, 2.05) is 0 Å². The number of allylic oxidation sites excluding steroid dienone is 12. The lowest BCUT2D eigenvalue weighted by Gasteiger charge is -2.18. The van der Waals surface area contributed by atoms with Crippen molar-refractivity contribution in [1.82, 2.24) is 0 Å². The molecule has 322 valence electrons. The molecule has 56 heavy (non-hydrogen) atoms. The van der Waals surface area contributed by atoms with E-state index < -0.39 is 6.10 Å². The summed E-state index contributed by atoms with van der Waals surface area (Å²) in [6, 6.07) is 0. The molecule has 0 aliphatic rings. The van der Waals surface area contributed by atoms with E-state index in [1.165, 1.54) is 83.5 Å². The molecule has 0 saturated carbocycles. The quantitative estimate of drug-likeness (QED) is 0.0351. The third-order valence-corrected chi connectivity index (χ3v) is 9.70. The second-order valence-electron chi connectivity index (χ2n) is 15.3. The van der Waals surface area contributed by atoms with E-state index >= 15 is 0 Å². The summed E-state index contributed by atoms with van der Waals surface area (Å²) in [6.45, 7) is 7.58. The molecule has 5 nitrogen and oxygen atoms in total. The highest BCUT2D eigenvalue weighted by atomic mass is 16.6. The Balaban J connectivity index is 4.29. The lowest BCUT2D eigenvalue weighted by Crippen LogP contribution is -2.30. The van der Waals surface area contributed by atoms with Crippen molar-refractivity contribution >= 4 is 11.9 Å². The summed E-state index contributed by atoms with van der Waals surface area (Å²) in [5.74, 6) is -0.433. The van der Waals surface area contributed by atoms with Gasteiger partial charge in [0.05, 0.1) is 6.61 Å². The molecule has 0 aromatic rings. The predicted octanol–water partition coefficient (Wildman–Crippen LogP) is 15.6. The summed E-state index contributed by atoms with van der Waals surface area (Å²) in [5.41, 5.74) is 0. The van der Waals surface area contributed by atoms with Gasteiger partial charge in [-0.1, -0.05) is 177 Å². The number of esters is 2. The van der Waals surface area contributed by atoms with Gasteiger partial charge in [-0.3, -0.25) is 9.59 Å². The Morgan fingerprint density at radius 2 is 0.804 bits per heavy atom. The molecular formula is C51H88O5. The van der Waals surface area contributed by atoms with Crippen LogP contribution in [0.25, 0.3) is 0 Å². The molecule has 0 aromatic heterocycles. The van der Waals surface area contributed by atoms with Crippen LogP contribution in [0.4, 0.5) is 0 Å². The highest BCUT2D eigenvalue weighted by Gasteiger charge is 2.17. The van der Waals surface area contributed by atoms with Gasteiger partial charge in [0.1, 0.15) is 6.61 Å². The fraction of sp³-hybridized carbons (Fsp3) is 0.725. The zero-order chi connectivity index (χ0) is 40.7. The van der Waals surface area contributed by atoms with Crippen LogP contribution in [0.3, 0.4) is 0 Å². The van der Waals surface area contributed by atoms with Crippen molar-refractivity contribution in [1.29, 1.82) is 0 Å². The minimum Gasteiger partial charge on any atom is -0.462 e. The van der Waals surface area contributed by atoms with E-state index in [4.69, 9.17) is 14.2 Å². The summed E-state index contributed by atoms with van der Waals surface area (Å²) in [4.78, 5) is 25.2. The molecule has 1 unspecified atom stereocenters. The topological polar surface area (TPSA) is 61.8 Å². The van der Waals surface area contributed by atoms with Crippen LogP contribution >= 0.6 is 0 Å². The van der Waals surface area contributed by atoms with Gasteiger partial charge in [-0.2, -0.15) is 0 Å². The van der Waals surface area contributed by atoms with Crippen molar-refractivity contribution in [3.8, 4) is 0 Å². The molecule has 0 bridgehead atoms. The molecule has 0 heterocycles. The van der Waals surface area contributed by atoms with Gasteiger partial charge in [-0.15, -0.1) is 0 Å². The van der Waals surface area contributed by atoms with E-state index in [0.717, 1.165) is 96.3 Å². The maximum Gasteiger partial charge on any atom is 0.306 e. The van der Waals surface area contributed by atoms with Crippen LogP contribution in [-0.4, -0.2) is 37.9 Å². The maximum absolute atomic E-state index is 12.7. The van der Waals surface area contributed by atoms with Crippen LogP contribution in [0, 0.1) is 0 Å². The van der Waals surface area contributed by atoms with Crippen LogP contribution in [0.5, 0.6) is 0 Å². The third kappa shape index (κ3) is 44.1. The number of ether oxygens (including phenoxy) is 3. The first kappa shape index (κ1) is 53.3. The summed E-state index contributed by atoms with van der Waals surface area (Å²) < 4.78 is 17.3. The average Bonchev–Trinajstić information content (AvgIpc) is 3.20. The summed E-state index contributed by atoms with van der Waals surface area (Å²) in [7, 11) is 0. The third-order valence-electron chi connectivity index (χ3n) is 9.70. The van der Waals surface area contributed by atoms with Gasteiger partial charge in [-0.25, -0.2) is 0 Å². The summed E-state index contributed by atoms with van der Waals surface area (Å²) in [5, 5.41) is 0. The SMILES string of the molecule is CC/C=C\C/C=C\C/C=C\C/C=C\CCCCCCCOCC(COC(=O)CCCCCCC/C=C\CCCC)OC(=O)CCCCCCC/C=C\CCCC. The molecule has 0 saturated heterocycles. The van der Waals surface area contributed by atoms with E-state index in [1.54, 1.807) is 0 Å². The molecule has 0 aliphatic heterocycles. The Labute approximate surface area is 347 Å². The molecule has 0 fully saturated rings. The Morgan fingerprint density at radius 1 is 0.411 bits per heavy atom. The Morgan fingerprint density at radius 3 is 1.30 bits per heavy atom. The van der Waals surface area contributed by atoms with Crippen molar-refractivity contribution < 1.29 is 23.8 Å². The molecule has 0 rings (SSSR count). The summed E-state index contributed by atoms with van der Waals surface area (Å²) >= 11 is 0. The minimum absolute atomic E-state index is 0.0675. The fourth-order valence-corrected chi connectivity index (χ4v) is 6.17. The van der Waals surface area contributed by atoms with Gasteiger partial charge in [0.25, 0.3) is 0 Å². The Hall–Kier alpha value is -2.66. The molecule has 0 aromatic carbocycles. The zero-order valence-corrected chi connectivity index (χ0v) is 36.9. The van der Waals surface area contributed by atoms with Gasteiger partial charge in [0, 0.05) is 19.4 Å². The molecular weight excluding hydrogens is 693 g/mol.